The SMILES string of the molecule is C1=c2oc3c(ccc4cc5c(cc43)oc3ccccc35)c2=CC(c2cccc(-c3c4ccccc4c(-c4ccccc4)c4ccccc34)c2)C1. The van der Waals surface area contributed by atoms with Crippen molar-refractivity contribution in [1.82, 2.24) is 0 Å². The van der Waals surface area contributed by atoms with Gasteiger partial charge in [-0.1, -0.05) is 133 Å². The topological polar surface area (TPSA) is 26.3 Å². The maximum absolute atomic E-state index is 6.62. The fourth-order valence-corrected chi connectivity index (χ4v) is 8.48. The van der Waals surface area contributed by atoms with Crippen molar-refractivity contribution in [2.45, 2.75) is 12.3 Å². The third-order valence-electron chi connectivity index (χ3n) is 10.8. The predicted octanol–water partition coefficient (Wildman–Crippen LogP) is 11.9. The first-order valence-corrected chi connectivity index (χ1v) is 17.4. The van der Waals surface area contributed by atoms with Crippen LogP contribution in [-0.2, 0) is 0 Å². The first kappa shape index (κ1) is 27.6. The minimum absolute atomic E-state index is 0.234. The van der Waals surface area contributed by atoms with Gasteiger partial charge in [0, 0.05) is 32.7 Å². The highest BCUT2D eigenvalue weighted by molar-refractivity contribution is 6.21. The Labute approximate surface area is 287 Å². The molecule has 11 rings (SSSR count). The lowest BCUT2D eigenvalue weighted by molar-refractivity contribution is 0.573. The molecule has 1 atom stereocenters. The largest absolute Gasteiger partial charge is 0.456 e. The highest BCUT2D eigenvalue weighted by Crippen LogP contribution is 2.44. The summed E-state index contributed by atoms with van der Waals surface area (Å²) in [6.45, 7) is 0. The average Bonchev–Trinajstić information content (AvgIpc) is 3.74. The fourth-order valence-electron chi connectivity index (χ4n) is 8.48. The van der Waals surface area contributed by atoms with Gasteiger partial charge in [-0.05, 0) is 91.5 Å². The van der Waals surface area contributed by atoms with E-state index in [1.807, 2.05) is 12.1 Å². The van der Waals surface area contributed by atoms with E-state index >= 15 is 0 Å². The average molecular weight is 639 g/mol. The van der Waals surface area contributed by atoms with E-state index in [-0.39, 0.29) is 5.92 Å². The van der Waals surface area contributed by atoms with Crippen molar-refractivity contribution >= 4 is 77.4 Å². The van der Waals surface area contributed by atoms with Crippen LogP contribution in [0.2, 0.25) is 0 Å². The Kier molecular flexibility index (Phi) is 5.82. The van der Waals surface area contributed by atoms with Crippen molar-refractivity contribution in [1.29, 1.82) is 0 Å². The number of fused-ring (bicyclic) bond motifs is 10. The predicted molar refractivity (Wildman–Crippen MR) is 209 cm³/mol. The Bertz CT molecular complexity index is 3070. The van der Waals surface area contributed by atoms with Gasteiger partial charge in [0.2, 0.25) is 0 Å². The zero-order chi connectivity index (χ0) is 32.8. The molecule has 0 saturated heterocycles. The van der Waals surface area contributed by atoms with Crippen molar-refractivity contribution in [2.24, 2.45) is 0 Å². The second kappa shape index (κ2) is 10.6. The van der Waals surface area contributed by atoms with Crippen LogP contribution in [0, 0.1) is 0 Å². The van der Waals surface area contributed by atoms with Crippen LogP contribution in [0.3, 0.4) is 0 Å². The van der Waals surface area contributed by atoms with E-state index in [4.69, 9.17) is 8.83 Å². The molecule has 0 radical (unpaired) electrons. The van der Waals surface area contributed by atoms with Gasteiger partial charge in [0.15, 0.2) is 0 Å². The maximum Gasteiger partial charge on any atom is 0.143 e. The molecule has 0 spiro atoms. The standard InChI is InChI=1S/C48H30O2/c1-2-11-29(12-3-1)46-35-16-4-6-18-37(35)47(38-19-7-5-17-36(38)46)33-14-10-13-30(25-33)31-22-24-44-42(26-31)39-23-21-32-27-41-34-15-8-9-20-43(34)49-45(41)28-40(32)48(39)50-44/h1-21,23-28,31H,22H2. The molecule has 0 aliphatic heterocycles. The first-order chi connectivity index (χ1) is 24.8. The lowest BCUT2D eigenvalue weighted by Gasteiger charge is -2.19. The molecule has 0 saturated carbocycles. The van der Waals surface area contributed by atoms with E-state index in [1.54, 1.807) is 0 Å². The van der Waals surface area contributed by atoms with Crippen molar-refractivity contribution < 1.29 is 8.83 Å². The van der Waals surface area contributed by atoms with Gasteiger partial charge >= 0.3 is 0 Å². The minimum atomic E-state index is 0.234. The summed E-state index contributed by atoms with van der Waals surface area (Å²) in [5.74, 6) is 0.234. The maximum atomic E-state index is 6.62. The van der Waals surface area contributed by atoms with Gasteiger partial charge in [0.05, 0.1) is 0 Å². The third-order valence-corrected chi connectivity index (χ3v) is 10.8. The third kappa shape index (κ3) is 4.02. The van der Waals surface area contributed by atoms with E-state index in [0.29, 0.717) is 0 Å². The summed E-state index contributed by atoms with van der Waals surface area (Å²) in [4.78, 5) is 0. The lowest BCUT2D eigenvalue weighted by Crippen LogP contribution is -2.24. The summed E-state index contributed by atoms with van der Waals surface area (Å²) >= 11 is 0. The quantitative estimate of drug-likeness (QED) is 0.180. The smallest absolute Gasteiger partial charge is 0.143 e. The molecule has 10 aromatic rings. The molecular weight excluding hydrogens is 609 g/mol. The van der Waals surface area contributed by atoms with Gasteiger partial charge in [-0.3, -0.25) is 0 Å². The van der Waals surface area contributed by atoms with Crippen molar-refractivity contribution in [3.05, 3.63) is 168 Å². The molecule has 1 aliphatic rings. The number of furan rings is 2. The van der Waals surface area contributed by atoms with Crippen LogP contribution in [0.4, 0.5) is 0 Å². The Hall–Kier alpha value is -6.38. The molecule has 0 bridgehead atoms. The van der Waals surface area contributed by atoms with Crippen molar-refractivity contribution in [2.75, 3.05) is 0 Å². The number of hydrogen-bond donors (Lipinski definition) is 0. The normalized spacial score (nSPS) is 14.4. The highest BCUT2D eigenvalue weighted by atomic mass is 16.3. The highest BCUT2D eigenvalue weighted by Gasteiger charge is 2.20. The molecule has 1 unspecified atom stereocenters. The van der Waals surface area contributed by atoms with Gasteiger partial charge in [-0.15, -0.1) is 0 Å². The molecule has 234 valence electrons. The first-order valence-electron chi connectivity index (χ1n) is 17.4. The van der Waals surface area contributed by atoms with Crippen LogP contribution in [0.1, 0.15) is 17.9 Å². The monoisotopic (exact) mass is 638 g/mol. The second-order valence-electron chi connectivity index (χ2n) is 13.5. The Balaban J connectivity index is 1.07. The Morgan fingerprint density at radius 1 is 0.440 bits per heavy atom. The van der Waals surface area contributed by atoms with Gasteiger partial charge in [0.1, 0.15) is 22.2 Å². The van der Waals surface area contributed by atoms with Crippen molar-refractivity contribution in [3.63, 3.8) is 0 Å². The van der Waals surface area contributed by atoms with Gasteiger partial charge in [-0.2, -0.15) is 0 Å². The van der Waals surface area contributed by atoms with Gasteiger partial charge in [-0.25, -0.2) is 0 Å². The Morgan fingerprint density at radius 2 is 1.10 bits per heavy atom. The van der Waals surface area contributed by atoms with E-state index in [2.05, 4.69) is 152 Å². The Morgan fingerprint density at radius 3 is 1.86 bits per heavy atom. The number of benzene rings is 8. The van der Waals surface area contributed by atoms with Crippen LogP contribution in [0.5, 0.6) is 0 Å². The summed E-state index contributed by atoms with van der Waals surface area (Å²) in [6, 6.07) is 54.8. The van der Waals surface area contributed by atoms with E-state index in [1.165, 1.54) is 54.6 Å². The van der Waals surface area contributed by atoms with Crippen LogP contribution in [0.25, 0.3) is 99.6 Å². The van der Waals surface area contributed by atoms with Crippen LogP contribution >= 0.6 is 0 Å². The van der Waals surface area contributed by atoms with Crippen LogP contribution in [-0.4, -0.2) is 0 Å². The van der Waals surface area contributed by atoms with Crippen LogP contribution in [0.15, 0.2) is 160 Å². The van der Waals surface area contributed by atoms with Crippen molar-refractivity contribution in [3.8, 4) is 22.3 Å². The molecule has 0 amide bonds. The lowest BCUT2D eigenvalue weighted by atomic mass is 9.84. The summed E-state index contributed by atoms with van der Waals surface area (Å²) in [5, 5.41) is 11.9. The molecule has 50 heavy (non-hydrogen) atoms. The van der Waals surface area contributed by atoms with E-state index in [9.17, 15) is 0 Å². The molecule has 0 fully saturated rings. The zero-order valence-electron chi connectivity index (χ0n) is 27.2. The summed E-state index contributed by atoms with van der Waals surface area (Å²) in [5.41, 5.74) is 10.1. The second-order valence-corrected chi connectivity index (χ2v) is 13.5. The molecule has 0 N–H and O–H groups in total. The zero-order valence-corrected chi connectivity index (χ0v) is 27.2. The molecule has 1 aliphatic carbocycles. The number of para-hydroxylation sites is 1. The minimum Gasteiger partial charge on any atom is -0.456 e. The summed E-state index contributed by atoms with van der Waals surface area (Å²) < 4.78 is 12.9. The van der Waals surface area contributed by atoms with E-state index in [0.717, 1.165) is 55.5 Å². The fraction of sp³-hybridized carbons (Fsp3) is 0.0417. The van der Waals surface area contributed by atoms with Gasteiger partial charge in [0.25, 0.3) is 0 Å². The summed E-state index contributed by atoms with van der Waals surface area (Å²) in [7, 11) is 0. The van der Waals surface area contributed by atoms with Gasteiger partial charge < -0.3 is 8.83 Å². The molecule has 2 heteroatoms. The number of rotatable bonds is 3. The van der Waals surface area contributed by atoms with E-state index < -0.39 is 0 Å². The molecule has 2 aromatic heterocycles. The molecule has 2 nitrogen and oxygen atoms in total. The molecular formula is C48H30O2. The summed E-state index contributed by atoms with van der Waals surface area (Å²) in [6.07, 6.45) is 5.58. The molecule has 8 aromatic carbocycles. The van der Waals surface area contributed by atoms with Crippen LogP contribution < -0.4 is 10.6 Å². The number of hydrogen-bond acceptors (Lipinski definition) is 2. The molecule has 2 heterocycles.